The normalized spacial score (nSPS) is 18.1. The molecule has 0 fully saturated rings. The van der Waals surface area contributed by atoms with Crippen LogP contribution >= 0.6 is 23.2 Å². The highest BCUT2D eigenvalue weighted by molar-refractivity contribution is 6.32. The van der Waals surface area contributed by atoms with Crippen molar-refractivity contribution < 1.29 is 0 Å². The van der Waals surface area contributed by atoms with E-state index in [1.54, 1.807) is 0 Å². The first-order valence-electron chi connectivity index (χ1n) is 6.01. The minimum Gasteiger partial charge on any atom is -0.260 e. The highest BCUT2D eigenvalue weighted by Gasteiger charge is 2.20. The Hall–Kier alpha value is -1.12. The topological polar surface area (TPSA) is 25.2 Å². The number of fused-ring (bicyclic) bond motifs is 3. The Morgan fingerprint density at radius 1 is 1.33 bits per heavy atom. The number of nitrogens with zero attached hydrogens (tertiary/aromatic N) is 2. The maximum atomic E-state index is 6.27. The van der Waals surface area contributed by atoms with Crippen molar-refractivity contribution in [2.45, 2.75) is 19.8 Å². The summed E-state index contributed by atoms with van der Waals surface area (Å²) in [5, 5.41) is 2.24. The Bertz CT molecular complexity index is 650. The molecule has 0 saturated carbocycles. The molecule has 0 aliphatic carbocycles. The van der Waals surface area contributed by atoms with Crippen LogP contribution in [0.4, 0.5) is 5.69 Å². The van der Waals surface area contributed by atoms with Gasteiger partial charge >= 0.3 is 0 Å². The van der Waals surface area contributed by atoms with Gasteiger partial charge in [-0.2, -0.15) is 0 Å². The Balaban J connectivity index is 2.29. The molecule has 0 saturated heterocycles. The maximum Gasteiger partial charge on any atom is 0.135 e. The summed E-state index contributed by atoms with van der Waals surface area (Å²) in [5.74, 6) is 0.452. The Kier molecular flexibility index (Phi) is 3.00. The van der Waals surface area contributed by atoms with Crippen molar-refractivity contribution in [3.63, 3.8) is 0 Å². The van der Waals surface area contributed by atoms with Crippen LogP contribution in [0.3, 0.4) is 0 Å². The molecule has 0 N–H and O–H groups in total. The molecule has 18 heavy (non-hydrogen) atoms. The van der Waals surface area contributed by atoms with E-state index in [9.17, 15) is 0 Å². The average molecular weight is 279 g/mol. The number of hydrogen-bond donors (Lipinski definition) is 0. The minimum atomic E-state index is 0.452. The van der Waals surface area contributed by atoms with E-state index in [0.29, 0.717) is 16.1 Å². The fourth-order valence-electron chi connectivity index (χ4n) is 2.30. The summed E-state index contributed by atoms with van der Waals surface area (Å²) in [4.78, 5) is 9.00. The monoisotopic (exact) mass is 278 g/mol. The second kappa shape index (κ2) is 4.52. The van der Waals surface area contributed by atoms with Crippen molar-refractivity contribution in [1.82, 2.24) is 4.98 Å². The van der Waals surface area contributed by atoms with Crippen LogP contribution in [-0.2, 0) is 6.42 Å². The average Bonchev–Trinajstić information content (AvgIpc) is 2.39. The fraction of sp³-hybridized carbons (Fsp3) is 0.286. The molecule has 1 atom stereocenters. The summed E-state index contributed by atoms with van der Waals surface area (Å²) in [5.41, 5.74) is 2.81. The van der Waals surface area contributed by atoms with E-state index in [-0.39, 0.29) is 0 Å². The molecule has 0 spiro atoms. The zero-order valence-electron chi connectivity index (χ0n) is 9.95. The lowest BCUT2D eigenvalue weighted by Crippen LogP contribution is -2.10. The van der Waals surface area contributed by atoms with Crippen LogP contribution in [0.1, 0.15) is 18.9 Å². The largest absolute Gasteiger partial charge is 0.260 e. The number of pyridine rings is 1. The summed E-state index contributed by atoms with van der Waals surface area (Å²) in [6, 6.07) is 5.61. The van der Waals surface area contributed by atoms with Crippen molar-refractivity contribution in [2.24, 2.45) is 10.9 Å². The van der Waals surface area contributed by atoms with Gasteiger partial charge in [-0.25, -0.2) is 4.98 Å². The van der Waals surface area contributed by atoms with Gasteiger partial charge in [0.25, 0.3) is 0 Å². The lowest BCUT2D eigenvalue weighted by Gasteiger charge is -2.19. The van der Waals surface area contributed by atoms with Crippen LogP contribution in [0, 0.1) is 5.92 Å². The van der Waals surface area contributed by atoms with Gasteiger partial charge in [-0.15, -0.1) is 0 Å². The highest BCUT2D eigenvalue weighted by atomic mass is 35.5. The summed E-state index contributed by atoms with van der Waals surface area (Å²) in [6.45, 7) is 2.15. The van der Waals surface area contributed by atoms with Gasteiger partial charge in [-0.05, 0) is 37.0 Å². The lowest BCUT2D eigenvalue weighted by atomic mass is 9.94. The first kappa shape index (κ1) is 11.9. The quantitative estimate of drug-likeness (QED) is 0.686. The van der Waals surface area contributed by atoms with Crippen LogP contribution in [0.5, 0.6) is 0 Å². The third-order valence-electron chi connectivity index (χ3n) is 3.37. The van der Waals surface area contributed by atoms with E-state index >= 15 is 0 Å². The number of benzene rings is 1. The van der Waals surface area contributed by atoms with Crippen LogP contribution in [0.25, 0.3) is 10.9 Å². The van der Waals surface area contributed by atoms with Crippen LogP contribution in [0.2, 0.25) is 10.2 Å². The van der Waals surface area contributed by atoms with Crippen LogP contribution < -0.4 is 0 Å². The zero-order valence-corrected chi connectivity index (χ0v) is 11.5. The standard InChI is InChI=1S/C14H12Cl2N2/c1-2-8-5-11-13(17-7-8)10-6-9(15)3-4-12(10)18-14(11)16/h3-4,6-8H,2,5H2,1H3. The third-order valence-corrected chi connectivity index (χ3v) is 3.92. The van der Waals surface area contributed by atoms with E-state index in [0.717, 1.165) is 35.0 Å². The Morgan fingerprint density at radius 2 is 2.17 bits per heavy atom. The van der Waals surface area contributed by atoms with E-state index in [4.69, 9.17) is 23.2 Å². The number of rotatable bonds is 1. The van der Waals surface area contributed by atoms with Gasteiger partial charge < -0.3 is 0 Å². The third kappa shape index (κ3) is 1.90. The molecule has 2 heterocycles. The van der Waals surface area contributed by atoms with Crippen molar-refractivity contribution in [3.05, 3.63) is 33.9 Å². The molecular formula is C14H12Cl2N2. The molecule has 4 heteroatoms. The number of halogens is 2. The molecule has 1 aromatic carbocycles. The lowest BCUT2D eigenvalue weighted by molar-refractivity contribution is 0.667. The molecule has 3 rings (SSSR count). The summed E-state index contributed by atoms with van der Waals surface area (Å²) in [6.07, 6.45) is 3.98. The van der Waals surface area contributed by atoms with Gasteiger partial charge in [0.05, 0.1) is 11.2 Å². The van der Waals surface area contributed by atoms with Crippen LogP contribution in [0.15, 0.2) is 23.2 Å². The summed E-state index contributed by atoms with van der Waals surface area (Å²) < 4.78 is 0. The smallest absolute Gasteiger partial charge is 0.135 e. The highest BCUT2D eigenvalue weighted by Crippen LogP contribution is 2.38. The van der Waals surface area contributed by atoms with E-state index < -0.39 is 0 Å². The van der Waals surface area contributed by atoms with E-state index in [2.05, 4.69) is 16.9 Å². The van der Waals surface area contributed by atoms with Gasteiger partial charge in [0.15, 0.2) is 0 Å². The molecule has 1 aromatic heterocycles. The minimum absolute atomic E-state index is 0.452. The molecule has 1 unspecified atom stereocenters. The van der Waals surface area contributed by atoms with Crippen molar-refractivity contribution in [2.75, 3.05) is 0 Å². The number of hydrogen-bond acceptors (Lipinski definition) is 2. The molecule has 2 nitrogen and oxygen atoms in total. The van der Waals surface area contributed by atoms with Gasteiger partial charge in [-0.1, -0.05) is 30.1 Å². The predicted molar refractivity (Wildman–Crippen MR) is 77.4 cm³/mol. The second-order valence-corrected chi connectivity index (χ2v) is 5.34. The molecule has 1 aliphatic heterocycles. The molecule has 0 radical (unpaired) electrons. The van der Waals surface area contributed by atoms with Gasteiger partial charge in [0, 0.05) is 22.2 Å². The Labute approximate surface area is 116 Å². The van der Waals surface area contributed by atoms with E-state index in [1.165, 1.54) is 0 Å². The van der Waals surface area contributed by atoms with Gasteiger partial charge in [0.1, 0.15) is 5.15 Å². The zero-order chi connectivity index (χ0) is 12.7. The van der Waals surface area contributed by atoms with Crippen molar-refractivity contribution in [1.29, 1.82) is 0 Å². The van der Waals surface area contributed by atoms with Crippen molar-refractivity contribution in [3.8, 4) is 0 Å². The second-order valence-electron chi connectivity index (χ2n) is 4.54. The van der Waals surface area contributed by atoms with Gasteiger partial charge in [0.2, 0.25) is 0 Å². The van der Waals surface area contributed by atoms with Gasteiger partial charge in [-0.3, -0.25) is 4.99 Å². The van der Waals surface area contributed by atoms with E-state index in [1.807, 2.05) is 24.4 Å². The fourth-order valence-corrected chi connectivity index (χ4v) is 2.73. The SMILES string of the molecule is CCC1C=Nc2c(c(Cl)nc3ccc(Cl)cc23)C1. The molecule has 1 aliphatic rings. The Morgan fingerprint density at radius 3 is 2.94 bits per heavy atom. The molecule has 2 aromatic rings. The molecule has 92 valence electrons. The number of aliphatic imine (C=N–C) groups is 1. The first-order valence-corrected chi connectivity index (χ1v) is 6.76. The maximum absolute atomic E-state index is 6.27. The molecule has 0 bridgehead atoms. The summed E-state index contributed by atoms with van der Waals surface area (Å²) in [7, 11) is 0. The molecule has 0 amide bonds. The predicted octanol–water partition coefficient (Wildman–Crippen LogP) is 4.83. The summed E-state index contributed by atoms with van der Waals surface area (Å²) >= 11 is 12.3. The number of aromatic nitrogens is 1. The van der Waals surface area contributed by atoms with Crippen molar-refractivity contribution >= 4 is 46.0 Å². The first-order chi connectivity index (χ1) is 8.69. The molecular weight excluding hydrogens is 267 g/mol. The van der Waals surface area contributed by atoms with Crippen LogP contribution in [-0.4, -0.2) is 11.2 Å².